The van der Waals surface area contributed by atoms with Crippen LogP contribution in [0.4, 0.5) is 4.39 Å². The predicted octanol–water partition coefficient (Wildman–Crippen LogP) is 4.14. The highest BCUT2D eigenvalue weighted by Gasteiger charge is 2.05. The van der Waals surface area contributed by atoms with E-state index in [2.05, 4.69) is 4.98 Å². The molecule has 3 heteroatoms. The number of hydrogen-bond donors (Lipinski definition) is 0. The Kier molecular flexibility index (Phi) is 2.92. The fourth-order valence-corrected chi connectivity index (χ4v) is 2.18. The molecule has 2 aromatic heterocycles. The van der Waals surface area contributed by atoms with Crippen molar-refractivity contribution in [2.75, 3.05) is 0 Å². The van der Waals surface area contributed by atoms with E-state index in [1.807, 2.05) is 23.6 Å². The zero-order valence-corrected chi connectivity index (χ0v) is 9.09. The summed E-state index contributed by atoms with van der Waals surface area (Å²) < 4.78 is 13.3. The van der Waals surface area contributed by atoms with E-state index in [1.54, 1.807) is 19.3 Å². The summed E-state index contributed by atoms with van der Waals surface area (Å²) in [5.41, 5.74) is 2.10. The summed E-state index contributed by atoms with van der Waals surface area (Å²) >= 11 is 1.41. The molecular weight excluding hydrogens is 209 g/mol. The van der Waals surface area contributed by atoms with Gasteiger partial charge in [0.15, 0.2) is 0 Å². The molecule has 0 unspecified atom stereocenters. The molecular formula is C12H10FNS. The topological polar surface area (TPSA) is 12.9 Å². The number of aromatic nitrogens is 1. The molecule has 2 heterocycles. The third kappa shape index (κ3) is 2.13. The van der Waals surface area contributed by atoms with Crippen LogP contribution in [-0.4, -0.2) is 4.98 Å². The predicted molar refractivity (Wildman–Crippen MR) is 62.3 cm³/mol. The van der Waals surface area contributed by atoms with Gasteiger partial charge in [-0.3, -0.25) is 4.98 Å². The van der Waals surface area contributed by atoms with Crippen LogP contribution < -0.4 is 0 Å². The smallest absolute Gasteiger partial charge is 0.136 e. The maximum Gasteiger partial charge on any atom is 0.136 e. The normalized spacial score (nSPS) is 11.7. The van der Waals surface area contributed by atoms with Crippen LogP contribution in [0.1, 0.15) is 11.8 Å². The quantitative estimate of drug-likeness (QED) is 0.739. The van der Waals surface area contributed by atoms with E-state index < -0.39 is 0 Å². The number of thiophene rings is 1. The molecule has 0 spiro atoms. The van der Waals surface area contributed by atoms with Gasteiger partial charge in [0.25, 0.3) is 0 Å². The lowest BCUT2D eigenvalue weighted by Crippen LogP contribution is -1.74. The van der Waals surface area contributed by atoms with Crippen molar-refractivity contribution in [2.24, 2.45) is 0 Å². The van der Waals surface area contributed by atoms with Crippen molar-refractivity contribution in [3.05, 3.63) is 46.9 Å². The van der Waals surface area contributed by atoms with Crippen LogP contribution in [0.3, 0.4) is 0 Å². The minimum absolute atomic E-state index is 0.166. The van der Waals surface area contributed by atoms with Crippen LogP contribution in [0, 0.1) is 0 Å². The van der Waals surface area contributed by atoms with Gasteiger partial charge < -0.3 is 0 Å². The Morgan fingerprint density at radius 3 is 2.73 bits per heavy atom. The van der Waals surface area contributed by atoms with Gasteiger partial charge in [0.2, 0.25) is 0 Å². The third-order valence-electron chi connectivity index (χ3n) is 2.10. The first-order chi connectivity index (χ1) is 7.31. The average molecular weight is 219 g/mol. The van der Waals surface area contributed by atoms with E-state index in [1.165, 1.54) is 17.4 Å². The molecule has 76 valence electrons. The van der Waals surface area contributed by atoms with Crippen LogP contribution in [0.25, 0.3) is 17.0 Å². The summed E-state index contributed by atoms with van der Waals surface area (Å²) in [6, 6.07) is 5.69. The number of halogens is 1. The van der Waals surface area contributed by atoms with Crippen molar-refractivity contribution in [3.63, 3.8) is 0 Å². The highest BCUT2D eigenvalue weighted by molar-refractivity contribution is 7.11. The summed E-state index contributed by atoms with van der Waals surface area (Å²) in [5, 5.41) is 1.95. The lowest BCUT2D eigenvalue weighted by Gasteiger charge is -1.94. The van der Waals surface area contributed by atoms with Crippen LogP contribution in [0.2, 0.25) is 0 Å². The molecule has 2 rings (SSSR count). The van der Waals surface area contributed by atoms with E-state index in [0.717, 1.165) is 11.1 Å². The summed E-state index contributed by atoms with van der Waals surface area (Å²) in [4.78, 5) is 4.62. The Balaban J connectivity index is 2.36. The first-order valence-corrected chi connectivity index (χ1v) is 5.50. The lowest BCUT2D eigenvalue weighted by molar-refractivity contribution is 0.762. The lowest BCUT2D eigenvalue weighted by atomic mass is 10.1. The minimum Gasteiger partial charge on any atom is -0.265 e. The van der Waals surface area contributed by atoms with Gasteiger partial charge >= 0.3 is 0 Å². The van der Waals surface area contributed by atoms with Crippen molar-refractivity contribution in [1.29, 1.82) is 0 Å². The molecule has 0 radical (unpaired) electrons. The van der Waals surface area contributed by atoms with Crippen LogP contribution >= 0.6 is 11.3 Å². The number of allylic oxidation sites excluding steroid dienone is 1. The maximum absolute atomic E-state index is 13.3. The zero-order chi connectivity index (χ0) is 10.7. The molecule has 0 fully saturated rings. The minimum atomic E-state index is -0.166. The van der Waals surface area contributed by atoms with E-state index in [9.17, 15) is 4.39 Å². The Morgan fingerprint density at radius 1 is 1.33 bits per heavy atom. The molecule has 0 aromatic carbocycles. The van der Waals surface area contributed by atoms with E-state index in [-0.39, 0.29) is 5.83 Å². The molecule has 0 bridgehead atoms. The molecule has 0 atom stereocenters. The molecule has 0 saturated heterocycles. The average Bonchev–Trinajstić information content (AvgIpc) is 2.78. The van der Waals surface area contributed by atoms with Gasteiger partial charge in [-0.1, -0.05) is 6.08 Å². The van der Waals surface area contributed by atoms with Crippen molar-refractivity contribution in [1.82, 2.24) is 4.98 Å². The SMILES string of the molecule is C/C=C(/F)c1cc(-c2ccncc2)cs1. The van der Waals surface area contributed by atoms with Gasteiger partial charge in [-0.2, -0.15) is 0 Å². The summed E-state index contributed by atoms with van der Waals surface area (Å²) in [6.45, 7) is 1.70. The number of rotatable bonds is 2. The fourth-order valence-electron chi connectivity index (χ4n) is 1.30. The first-order valence-electron chi connectivity index (χ1n) is 4.62. The van der Waals surface area contributed by atoms with Gasteiger partial charge in [-0.25, -0.2) is 4.39 Å². The molecule has 1 nitrogen and oxygen atoms in total. The zero-order valence-electron chi connectivity index (χ0n) is 8.27. The Hall–Kier alpha value is -1.48. The number of pyridine rings is 1. The van der Waals surface area contributed by atoms with Crippen molar-refractivity contribution >= 4 is 17.2 Å². The molecule has 0 aliphatic rings. The van der Waals surface area contributed by atoms with Crippen molar-refractivity contribution in [3.8, 4) is 11.1 Å². The number of nitrogens with zero attached hydrogens (tertiary/aromatic N) is 1. The Bertz CT molecular complexity index is 473. The fraction of sp³-hybridized carbons (Fsp3) is 0.0833. The van der Waals surface area contributed by atoms with Gasteiger partial charge in [0, 0.05) is 12.4 Å². The first kappa shape index (κ1) is 10.1. The summed E-state index contributed by atoms with van der Waals surface area (Å²) in [7, 11) is 0. The van der Waals surface area contributed by atoms with Crippen LogP contribution in [-0.2, 0) is 0 Å². The van der Waals surface area contributed by atoms with Crippen LogP contribution in [0.15, 0.2) is 42.0 Å². The van der Waals surface area contributed by atoms with Gasteiger partial charge in [0.1, 0.15) is 5.83 Å². The molecule has 0 aliphatic carbocycles. The van der Waals surface area contributed by atoms with E-state index >= 15 is 0 Å². The standard InChI is InChI=1S/C12H10FNS/c1-2-11(13)12-7-10(8-15-12)9-3-5-14-6-4-9/h2-8H,1H3/b11-2+. The largest absolute Gasteiger partial charge is 0.265 e. The molecule has 0 amide bonds. The molecule has 0 saturated carbocycles. The third-order valence-corrected chi connectivity index (χ3v) is 3.04. The van der Waals surface area contributed by atoms with Crippen molar-refractivity contribution in [2.45, 2.75) is 6.92 Å². The van der Waals surface area contributed by atoms with Gasteiger partial charge in [-0.15, -0.1) is 11.3 Å². The molecule has 15 heavy (non-hydrogen) atoms. The monoisotopic (exact) mass is 219 g/mol. The molecule has 2 aromatic rings. The molecule has 0 aliphatic heterocycles. The Labute approximate surface area is 91.9 Å². The highest BCUT2D eigenvalue weighted by Crippen LogP contribution is 2.29. The van der Waals surface area contributed by atoms with Gasteiger partial charge in [-0.05, 0) is 41.6 Å². The summed E-state index contributed by atoms with van der Waals surface area (Å²) in [5.74, 6) is -0.166. The van der Waals surface area contributed by atoms with E-state index in [4.69, 9.17) is 0 Å². The second-order valence-electron chi connectivity index (χ2n) is 3.07. The second kappa shape index (κ2) is 4.36. The summed E-state index contributed by atoms with van der Waals surface area (Å²) in [6.07, 6.45) is 4.94. The number of hydrogen-bond acceptors (Lipinski definition) is 2. The van der Waals surface area contributed by atoms with E-state index in [0.29, 0.717) is 4.88 Å². The van der Waals surface area contributed by atoms with Crippen LogP contribution in [0.5, 0.6) is 0 Å². The van der Waals surface area contributed by atoms with Gasteiger partial charge in [0.05, 0.1) is 4.88 Å². The second-order valence-corrected chi connectivity index (χ2v) is 3.98. The Morgan fingerprint density at radius 2 is 2.07 bits per heavy atom. The maximum atomic E-state index is 13.3. The van der Waals surface area contributed by atoms with Crippen molar-refractivity contribution < 1.29 is 4.39 Å². The highest BCUT2D eigenvalue weighted by atomic mass is 32.1. The molecule has 0 N–H and O–H groups in total.